The van der Waals surface area contributed by atoms with Crippen LogP contribution in [0.5, 0.6) is 0 Å². The minimum Gasteiger partial charge on any atom is -0.462 e. The van der Waals surface area contributed by atoms with E-state index >= 15 is 0 Å². The highest BCUT2D eigenvalue weighted by atomic mass is 35.5. The van der Waals surface area contributed by atoms with Gasteiger partial charge in [0.25, 0.3) is 11.8 Å². The summed E-state index contributed by atoms with van der Waals surface area (Å²) in [6.45, 7) is 9.74. The van der Waals surface area contributed by atoms with Crippen LogP contribution in [0.2, 0.25) is 10.0 Å². The molecule has 0 saturated heterocycles. The quantitative estimate of drug-likeness (QED) is 0.0728. The molecule has 3 N–H and O–H groups in total. The molecule has 4 aromatic rings. The summed E-state index contributed by atoms with van der Waals surface area (Å²) in [5, 5.41) is 8.84. The first kappa shape index (κ1) is 42.3. The topological polar surface area (TPSA) is 143 Å². The summed E-state index contributed by atoms with van der Waals surface area (Å²) in [5.74, 6) is -2.00. The van der Waals surface area contributed by atoms with Crippen molar-refractivity contribution in [3.63, 3.8) is 0 Å². The monoisotopic (exact) mass is 836 g/mol. The van der Waals surface area contributed by atoms with Crippen LogP contribution in [0.3, 0.4) is 0 Å². The summed E-state index contributed by atoms with van der Waals surface area (Å²) < 4.78 is 10.9. The number of nitrogens with one attached hydrogen (secondary N) is 3. The van der Waals surface area contributed by atoms with E-state index < -0.39 is 34.7 Å². The number of thioether (sulfide) groups is 1. The van der Waals surface area contributed by atoms with Gasteiger partial charge in [0.1, 0.15) is 16.3 Å². The van der Waals surface area contributed by atoms with Crippen molar-refractivity contribution in [3.8, 4) is 0 Å². The minimum absolute atomic E-state index is 0.0945. The number of thiophene rings is 1. The summed E-state index contributed by atoms with van der Waals surface area (Å²) in [6, 6.07) is 20.3. The van der Waals surface area contributed by atoms with Crippen LogP contribution in [0, 0.1) is 0 Å². The Labute approximate surface area is 344 Å². The molecule has 1 unspecified atom stereocenters. The molecule has 5 rings (SSSR count). The molecule has 1 aliphatic rings. The predicted octanol–water partition coefficient (Wildman–Crippen LogP) is 9.44. The van der Waals surface area contributed by atoms with Gasteiger partial charge >= 0.3 is 12.1 Å². The van der Waals surface area contributed by atoms with Crippen LogP contribution in [0.1, 0.15) is 77.8 Å². The number of ether oxygens (including phenoxy) is 2. The second-order valence-electron chi connectivity index (χ2n) is 13.6. The number of fused-ring (bicyclic) bond motifs is 1. The molecule has 1 aliphatic heterocycles. The van der Waals surface area contributed by atoms with E-state index in [-0.39, 0.29) is 24.8 Å². The van der Waals surface area contributed by atoms with E-state index in [1.807, 2.05) is 13.0 Å². The van der Waals surface area contributed by atoms with Gasteiger partial charge in [-0.1, -0.05) is 60.5 Å². The summed E-state index contributed by atoms with van der Waals surface area (Å²) in [4.78, 5) is 69.8. The van der Waals surface area contributed by atoms with Gasteiger partial charge in [-0.15, -0.1) is 23.1 Å². The van der Waals surface area contributed by atoms with Gasteiger partial charge in [-0.25, -0.2) is 9.59 Å². The Balaban J connectivity index is 1.33. The van der Waals surface area contributed by atoms with Gasteiger partial charge in [-0.3, -0.25) is 14.4 Å². The summed E-state index contributed by atoms with van der Waals surface area (Å²) in [5.41, 5.74) is 1.40. The average Bonchev–Trinajstić information content (AvgIpc) is 3.51. The van der Waals surface area contributed by atoms with E-state index in [4.69, 9.17) is 32.7 Å². The van der Waals surface area contributed by atoms with E-state index in [0.717, 1.165) is 10.4 Å². The number of rotatable bonds is 12. The molecule has 11 nitrogen and oxygen atoms in total. The van der Waals surface area contributed by atoms with Gasteiger partial charge in [0.15, 0.2) is 0 Å². The van der Waals surface area contributed by atoms with Crippen LogP contribution in [0.15, 0.2) is 83.4 Å². The van der Waals surface area contributed by atoms with Crippen LogP contribution in [0.25, 0.3) is 6.08 Å². The smallest absolute Gasteiger partial charge is 0.410 e. The van der Waals surface area contributed by atoms with Crippen molar-refractivity contribution >= 4 is 92.8 Å². The molecule has 3 aromatic carbocycles. The largest absolute Gasteiger partial charge is 0.462 e. The molecule has 0 radical (unpaired) electrons. The van der Waals surface area contributed by atoms with Crippen LogP contribution in [-0.4, -0.2) is 58.7 Å². The molecule has 0 aliphatic carbocycles. The number of amides is 4. The number of halogens is 2. The lowest BCUT2D eigenvalue weighted by Gasteiger charge is -2.30. The first-order valence-electron chi connectivity index (χ1n) is 17.9. The van der Waals surface area contributed by atoms with E-state index in [1.54, 1.807) is 99.3 Å². The molecule has 0 spiro atoms. The van der Waals surface area contributed by atoms with Gasteiger partial charge in [0.2, 0.25) is 5.91 Å². The first-order chi connectivity index (χ1) is 26.7. The molecule has 0 saturated carbocycles. The molecule has 2 heterocycles. The number of carbonyl (C=O) groups excluding carboxylic acids is 5. The Hall–Kier alpha value is -4.82. The highest BCUT2D eigenvalue weighted by Crippen LogP contribution is 2.39. The van der Waals surface area contributed by atoms with Crippen molar-refractivity contribution in [2.45, 2.75) is 69.8 Å². The molecule has 15 heteroatoms. The lowest BCUT2D eigenvalue weighted by atomic mass is 10.0. The van der Waals surface area contributed by atoms with Gasteiger partial charge in [-0.2, -0.15) is 0 Å². The normalized spacial score (nSPS) is 13.3. The second kappa shape index (κ2) is 18.9. The maximum Gasteiger partial charge on any atom is 0.410 e. The van der Waals surface area contributed by atoms with Gasteiger partial charge < -0.3 is 30.3 Å². The van der Waals surface area contributed by atoms with Crippen LogP contribution >= 0.6 is 46.3 Å². The number of hydrogen-bond donors (Lipinski definition) is 3. The Morgan fingerprint density at radius 1 is 0.946 bits per heavy atom. The van der Waals surface area contributed by atoms with Crippen molar-refractivity contribution in [1.29, 1.82) is 0 Å². The molecule has 294 valence electrons. The zero-order valence-electron chi connectivity index (χ0n) is 31.5. The number of carbonyl (C=O) groups is 5. The molecule has 1 atom stereocenters. The fourth-order valence-corrected chi connectivity index (χ4v) is 8.43. The van der Waals surface area contributed by atoms with Crippen LogP contribution < -0.4 is 16.0 Å². The Morgan fingerprint density at radius 3 is 2.30 bits per heavy atom. The van der Waals surface area contributed by atoms with E-state index in [2.05, 4.69) is 16.0 Å². The molecular formula is C41H42Cl2N4O7S2. The van der Waals surface area contributed by atoms with Gasteiger partial charge in [0, 0.05) is 43.2 Å². The SMILES string of the molecule is CCOC(=O)c1c(NC(=O)C(CC)Sc2cccc(NC(=O)/C(=C\c3c(Cl)cccc3Cl)NC(=O)c3ccccc3)c2)sc2c1CCN(C(=O)OC(C)(C)C)C2. The van der Waals surface area contributed by atoms with Crippen molar-refractivity contribution in [3.05, 3.63) is 116 Å². The summed E-state index contributed by atoms with van der Waals surface area (Å²) in [7, 11) is 0. The number of hydrogen-bond acceptors (Lipinski definition) is 9. The fraction of sp³-hybridized carbons (Fsp3) is 0.293. The Bertz CT molecular complexity index is 2130. The summed E-state index contributed by atoms with van der Waals surface area (Å²) in [6.07, 6.45) is 1.81. The molecule has 0 fully saturated rings. The second-order valence-corrected chi connectivity index (χ2v) is 16.8. The standard InChI is InChI=1S/C41H42Cl2N4O7S2/c1-6-32(37(50)46-38-34(39(51)53-7-2)27-19-20-47(23-33(27)56-38)40(52)54-41(3,4)5)55-26-16-11-15-25(21-26)44-36(49)31(22-28-29(42)17-12-18-30(28)43)45-35(48)24-13-9-8-10-14-24/h8-18,21-22,32H,6-7,19-20,23H2,1-5H3,(H,44,49)(H,45,48)(H,46,50)/b31-22+. The maximum atomic E-state index is 13.8. The summed E-state index contributed by atoms with van der Waals surface area (Å²) >= 11 is 15.3. The predicted molar refractivity (Wildman–Crippen MR) is 223 cm³/mol. The van der Waals surface area contributed by atoms with Crippen LogP contribution in [-0.2, 0) is 32.0 Å². The third kappa shape index (κ3) is 10.9. The van der Waals surface area contributed by atoms with E-state index in [9.17, 15) is 24.0 Å². The van der Waals surface area contributed by atoms with E-state index in [1.165, 1.54) is 29.2 Å². The van der Waals surface area contributed by atoms with Crippen molar-refractivity contribution < 1.29 is 33.4 Å². The van der Waals surface area contributed by atoms with Crippen molar-refractivity contribution in [1.82, 2.24) is 10.2 Å². The lowest BCUT2D eigenvalue weighted by Crippen LogP contribution is -2.39. The van der Waals surface area contributed by atoms with Gasteiger partial charge in [0.05, 0.1) is 24.0 Å². The average molecular weight is 838 g/mol. The van der Waals surface area contributed by atoms with Crippen LogP contribution in [0.4, 0.5) is 15.5 Å². The third-order valence-electron chi connectivity index (χ3n) is 8.28. The number of nitrogens with zero attached hydrogens (tertiary/aromatic N) is 1. The highest BCUT2D eigenvalue weighted by Gasteiger charge is 2.33. The number of anilines is 2. The number of esters is 1. The molecule has 4 amide bonds. The third-order valence-corrected chi connectivity index (χ3v) is 11.4. The molecular weight excluding hydrogens is 796 g/mol. The molecule has 56 heavy (non-hydrogen) atoms. The Kier molecular flexibility index (Phi) is 14.3. The van der Waals surface area contributed by atoms with Crippen molar-refractivity contribution in [2.24, 2.45) is 0 Å². The first-order valence-corrected chi connectivity index (χ1v) is 20.3. The zero-order valence-corrected chi connectivity index (χ0v) is 34.6. The molecule has 1 aromatic heterocycles. The minimum atomic E-state index is -0.661. The van der Waals surface area contributed by atoms with Gasteiger partial charge in [-0.05, 0) is 94.6 Å². The Morgan fingerprint density at radius 2 is 1.64 bits per heavy atom. The fourth-order valence-electron chi connectivity index (χ4n) is 5.65. The zero-order chi connectivity index (χ0) is 40.6. The molecule has 0 bridgehead atoms. The van der Waals surface area contributed by atoms with E-state index in [0.29, 0.717) is 61.7 Å². The number of benzene rings is 3. The lowest BCUT2D eigenvalue weighted by molar-refractivity contribution is -0.116. The van der Waals surface area contributed by atoms with Crippen molar-refractivity contribution in [2.75, 3.05) is 23.8 Å². The highest BCUT2D eigenvalue weighted by molar-refractivity contribution is 8.00. The maximum absolute atomic E-state index is 13.8.